The molecule has 0 aliphatic rings. The third-order valence-electron chi connectivity index (χ3n) is 3.13. The standard InChI is InChI=1S/C15H23ClN2O2/c1-11-7-12(16)5-6-13(11)20-8-14(19)18(4)10-15(2,3)9-17/h5-7H,8-10,17H2,1-4H3. The van der Waals surface area contributed by atoms with Crippen molar-refractivity contribution in [1.82, 2.24) is 4.90 Å². The molecular weight excluding hydrogens is 276 g/mol. The highest BCUT2D eigenvalue weighted by Crippen LogP contribution is 2.22. The number of likely N-dealkylation sites (N-methyl/N-ethyl adjacent to an activating group) is 1. The summed E-state index contributed by atoms with van der Waals surface area (Å²) in [6.07, 6.45) is 0. The minimum atomic E-state index is -0.0966. The molecule has 0 spiro atoms. The van der Waals surface area contributed by atoms with Crippen LogP contribution in [-0.2, 0) is 4.79 Å². The van der Waals surface area contributed by atoms with Crippen LogP contribution < -0.4 is 10.5 Å². The number of hydrogen-bond acceptors (Lipinski definition) is 3. The van der Waals surface area contributed by atoms with E-state index in [0.717, 1.165) is 5.56 Å². The lowest BCUT2D eigenvalue weighted by molar-refractivity contribution is -0.133. The van der Waals surface area contributed by atoms with Crippen molar-refractivity contribution in [3.8, 4) is 5.75 Å². The first kappa shape index (κ1) is 16.8. The van der Waals surface area contributed by atoms with E-state index in [0.29, 0.717) is 23.9 Å². The Kier molecular flexibility index (Phi) is 5.84. The third-order valence-corrected chi connectivity index (χ3v) is 3.37. The van der Waals surface area contributed by atoms with Crippen molar-refractivity contribution < 1.29 is 9.53 Å². The Labute approximate surface area is 125 Å². The van der Waals surface area contributed by atoms with Crippen LogP contribution in [0.25, 0.3) is 0 Å². The predicted molar refractivity (Wildman–Crippen MR) is 82.2 cm³/mol. The van der Waals surface area contributed by atoms with Crippen molar-refractivity contribution in [2.75, 3.05) is 26.7 Å². The zero-order valence-corrected chi connectivity index (χ0v) is 13.3. The number of carbonyl (C=O) groups excluding carboxylic acids is 1. The summed E-state index contributed by atoms with van der Waals surface area (Å²) in [6, 6.07) is 5.33. The molecule has 0 unspecified atom stereocenters. The Bertz CT molecular complexity index is 475. The zero-order chi connectivity index (χ0) is 15.3. The van der Waals surface area contributed by atoms with Crippen LogP contribution in [0.15, 0.2) is 18.2 Å². The van der Waals surface area contributed by atoms with Gasteiger partial charge in [0.05, 0.1) is 0 Å². The smallest absolute Gasteiger partial charge is 0.260 e. The fourth-order valence-corrected chi connectivity index (χ4v) is 2.05. The number of nitrogens with zero attached hydrogens (tertiary/aromatic N) is 1. The van der Waals surface area contributed by atoms with Crippen molar-refractivity contribution in [3.05, 3.63) is 28.8 Å². The Balaban J connectivity index is 2.54. The molecule has 2 N–H and O–H groups in total. The highest BCUT2D eigenvalue weighted by atomic mass is 35.5. The monoisotopic (exact) mass is 298 g/mol. The van der Waals surface area contributed by atoms with E-state index < -0.39 is 0 Å². The van der Waals surface area contributed by atoms with Gasteiger partial charge in [-0.2, -0.15) is 0 Å². The maximum absolute atomic E-state index is 12.0. The fourth-order valence-electron chi connectivity index (χ4n) is 1.82. The molecule has 0 heterocycles. The lowest BCUT2D eigenvalue weighted by Crippen LogP contribution is -2.41. The van der Waals surface area contributed by atoms with E-state index in [4.69, 9.17) is 22.1 Å². The maximum Gasteiger partial charge on any atom is 0.260 e. The molecule has 0 saturated heterocycles. The van der Waals surface area contributed by atoms with Crippen molar-refractivity contribution in [3.63, 3.8) is 0 Å². The van der Waals surface area contributed by atoms with Crippen LogP contribution in [-0.4, -0.2) is 37.6 Å². The molecule has 0 atom stereocenters. The summed E-state index contributed by atoms with van der Waals surface area (Å²) in [6.45, 7) is 7.10. The average molecular weight is 299 g/mol. The summed E-state index contributed by atoms with van der Waals surface area (Å²) in [7, 11) is 1.76. The number of carbonyl (C=O) groups is 1. The van der Waals surface area contributed by atoms with E-state index in [1.165, 1.54) is 0 Å². The molecule has 0 aliphatic heterocycles. The first-order chi connectivity index (χ1) is 9.25. The molecule has 0 bridgehead atoms. The van der Waals surface area contributed by atoms with Crippen molar-refractivity contribution in [2.24, 2.45) is 11.1 Å². The van der Waals surface area contributed by atoms with Crippen LogP contribution >= 0.6 is 11.6 Å². The highest BCUT2D eigenvalue weighted by molar-refractivity contribution is 6.30. The molecule has 0 radical (unpaired) electrons. The number of benzene rings is 1. The summed E-state index contributed by atoms with van der Waals surface area (Å²) in [5, 5.41) is 0.656. The molecule has 0 aliphatic carbocycles. The Morgan fingerprint density at radius 2 is 2.10 bits per heavy atom. The molecule has 0 fully saturated rings. The molecule has 1 aromatic rings. The predicted octanol–water partition coefficient (Wildman–Crippen LogP) is 2.47. The van der Waals surface area contributed by atoms with Gasteiger partial charge in [-0.05, 0) is 42.6 Å². The Morgan fingerprint density at radius 1 is 1.45 bits per heavy atom. The molecule has 112 valence electrons. The van der Waals surface area contributed by atoms with Gasteiger partial charge in [0.15, 0.2) is 6.61 Å². The Morgan fingerprint density at radius 3 is 2.65 bits per heavy atom. The van der Waals surface area contributed by atoms with Gasteiger partial charge in [0.1, 0.15) is 5.75 Å². The van der Waals surface area contributed by atoms with Gasteiger partial charge in [-0.15, -0.1) is 0 Å². The van der Waals surface area contributed by atoms with E-state index in [9.17, 15) is 4.79 Å². The number of nitrogens with two attached hydrogens (primary N) is 1. The summed E-state index contributed by atoms with van der Waals surface area (Å²) in [5.74, 6) is 0.607. The van der Waals surface area contributed by atoms with E-state index in [1.54, 1.807) is 24.1 Å². The highest BCUT2D eigenvalue weighted by Gasteiger charge is 2.21. The van der Waals surface area contributed by atoms with Crippen LogP contribution in [0.2, 0.25) is 5.02 Å². The molecule has 5 heteroatoms. The molecule has 1 rings (SSSR count). The summed E-state index contributed by atoms with van der Waals surface area (Å²) < 4.78 is 5.54. The first-order valence-corrected chi connectivity index (χ1v) is 6.96. The number of rotatable bonds is 6. The molecule has 4 nitrogen and oxygen atoms in total. The summed E-state index contributed by atoms with van der Waals surface area (Å²) in [5.41, 5.74) is 6.49. The first-order valence-electron chi connectivity index (χ1n) is 6.58. The zero-order valence-electron chi connectivity index (χ0n) is 12.6. The average Bonchev–Trinajstić information content (AvgIpc) is 2.36. The second-order valence-electron chi connectivity index (χ2n) is 5.82. The van der Waals surface area contributed by atoms with Crippen molar-refractivity contribution in [2.45, 2.75) is 20.8 Å². The van der Waals surface area contributed by atoms with E-state index >= 15 is 0 Å². The number of ether oxygens (including phenoxy) is 1. The molecule has 0 saturated carbocycles. The minimum Gasteiger partial charge on any atom is -0.483 e. The third kappa shape index (κ3) is 5.02. The van der Waals surface area contributed by atoms with Gasteiger partial charge in [-0.3, -0.25) is 4.79 Å². The quantitative estimate of drug-likeness (QED) is 0.878. The van der Waals surface area contributed by atoms with Gasteiger partial charge in [-0.1, -0.05) is 25.4 Å². The van der Waals surface area contributed by atoms with Crippen LogP contribution in [0, 0.1) is 12.3 Å². The Hall–Kier alpha value is -1.26. The van der Waals surface area contributed by atoms with Gasteiger partial charge in [0, 0.05) is 18.6 Å². The fraction of sp³-hybridized carbons (Fsp3) is 0.533. The van der Waals surface area contributed by atoms with E-state index in [1.807, 2.05) is 26.8 Å². The van der Waals surface area contributed by atoms with Crippen LogP contribution in [0.5, 0.6) is 5.75 Å². The number of halogens is 1. The number of aryl methyl sites for hydroxylation is 1. The maximum atomic E-state index is 12.0. The minimum absolute atomic E-state index is 0.0135. The second kappa shape index (κ2) is 6.95. The number of amides is 1. The van der Waals surface area contributed by atoms with Crippen LogP contribution in [0.4, 0.5) is 0 Å². The number of hydrogen-bond donors (Lipinski definition) is 1. The van der Waals surface area contributed by atoms with Gasteiger partial charge >= 0.3 is 0 Å². The van der Waals surface area contributed by atoms with E-state index in [-0.39, 0.29) is 17.9 Å². The largest absolute Gasteiger partial charge is 0.483 e. The second-order valence-corrected chi connectivity index (χ2v) is 6.25. The van der Waals surface area contributed by atoms with Gasteiger partial charge < -0.3 is 15.4 Å². The van der Waals surface area contributed by atoms with Crippen molar-refractivity contribution in [1.29, 1.82) is 0 Å². The molecule has 1 aromatic carbocycles. The van der Waals surface area contributed by atoms with Crippen LogP contribution in [0.3, 0.4) is 0 Å². The van der Waals surface area contributed by atoms with Crippen molar-refractivity contribution >= 4 is 17.5 Å². The topological polar surface area (TPSA) is 55.6 Å². The summed E-state index contributed by atoms with van der Waals surface area (Å²) >= 11 is 5.88. The van der Waals surface area contributed by atoms with Crippen LogP contribution in [0.1, 0.15) is 19.4 Å². The lowest BCUT2D eigenvalue weighted by atomic mass is 9.93. The lowest BCUT2D eigenvalue weighted by Gasteiger charge is -2.29. The molecule has 0 aromatic heterocycles. The van der Waals surface area contributed by atoms with Gasteiger partial charge in [0.2, 0.25) is 0 Å². The van der Waals surface area contributed by atoms with E-state index in [2.05, 4.69) is 0 Å². The SMILES string of the molecule is Cc1cc(Cl)ccc1OCC(=O)N(C)CC(C)(C)CN. The molecule has 20 heavy (non-hydrogen) atoms. The normalized spacial score (nSPS) is 11.3. The van der Waals surface area contributed by atoms with Gasteiger partial charge in [-0.25, -0.2) is 0 Å². The summed E-state index contributed by atoms with van der Waals surface area (Å²) in [4.78, 5) is 13.7. The molecule has 1 amide bonds. The van der Waals surface area contributed by atoms with Gasteiger partial charge in [0.25, 0.3) is 5.91 Å². The molecular formula is C15H23ClN2O2.